The maximum absolute atomic E-state index is 12.2. The Kier molecular flexibility index (Phi) is 4.68. The lowest BCUT2D eigenvalue weighted by Gasteiger charge is -2.00. The van der Waals surface area contributed by atoms with E-state index < -0.39 is 0 Å². The molecule has 5 nitrogen and oxygen atoms in total. The third-order valence-corrected chi connectivity index (χ3v) is 4.49. The molecule has 0 fully saturated rings. The van der Waals surface area contributed by atoms with Gasteiger partial charge in [-0.3, -0.25) is 9.89 Å². The van der Waals surface area contributed by atoms with E-state index in [1.807, 2.05) is 54.6 Å². The van der Waals surface area contributed by atoms with E-state index in [0.29, 0.717) is 16.4 Å². The number of aromatic amines is 1. The van der Waals surface area contributed by atoms with Crippen LogP contribution in [0.5, 0.6) is 0 Å². The van der Waals surface area contributed by atoms with Gasteiger partial charge in [0.05, 0.1) is 11.9 Å². The molecule has 0 unspecified atom stereocenters. The van der Waals surface area contributed by atoms with E-state index >= 15 is 0 Å². The first-order valence-electron chi connectivity index (χ1n) is 8.33. The number of nitrogens with zero attached hydrogens (tertiary/aromatic N) is 2. The second-order valence-electron chi connectivity index (χ2n) is 5.95. The molecule has 0 saturated carbocycles. The standard InChI is InChI=1S/C21H15ClN4O/c22-18-8-4-3-7-17(18)13-23-26-21(27)20-12-19(24-25-20)16-10-9-14-5-1-2-6-15(14)11-16/h1-13H,(H,24,25)(H,26,27)/b23-13+. The second-order valence-corrected chi connectivity index (χ2v) is 6.36. The molecule has 3 aromatic carbocycles. The zero-order chi connectivity index (χ0) is 18.6. The number of carbonyl (C=O) groups is 1. The SMILES string of the molecule is O=C(N/N=C/c1ccccc1Cl)c1cc(-c2ccc3ccccc3c2)n[nH]1. The summed E-state index contributed by atoms with van der Waals surface area (Å²) in [5.41, 5.74) is 5.15. The van der Waals surface area contributed by atoms with Gasteiger partial charge in [-0.2, -0.15) is 10.2 Å². The number of aromatic nitrogens is 2. The summed E-state index contributed by atoms with van der Waals surface area (Å²) in [6.07, 6.45) is 1.50. The number of amides is 1. The topological polar surface area (TPSA) is 70.1 Å². The normalized spacial score (nSPS) is 11.1. The van der Waals surface area contributed by atoms with Crippen molar-refractivity contribution in [3.63, 3.8) is 0 Å². The lowest BCUT2D eigenvalue weighted by Crippen LogP contribution is -2.18. The van der Waals surface area contributed by atoms with E-state index in [9.17, 15) is 4.79 Å². The van der Waals surface area contributed by atoms with Crippen LogP contribution in [0.1, 0.15) is 16.1 Å². The molecule has 0 aliphatic carbocycles. The summed E-state index contributed by atoms with van der Waals surface area (Å²) in [4.78, 5) is 12.2. The van der Waals surface area contributed by atoms with Gasteiger partial charge in [0.2, 0.25) is 0 Å². The summed E-state index contributed by atoms with van der Waals surface area (Å²) in [5.74, 6) is -0.377. The number of fused-ring (bicyclic) bond motifs is 1. The molecule has 0 radical (unpaired) electrons. The number of halogens is 1. The first kappa shape index (κ1) is 17.0. The van der Waals surface area contributed by atoms with Crippen molar-refractivity contribution in [3.8, 4) is 11.3 Å². The number of carbonyl (C=O) groups excluding carboxylic acids is 1. The van der Waals surface area contributed by atoms with Crippen LogP contribution in [0.3, 0.4) is 0 Å². The third kappa shape index (κ3) is 3.73. The van der Waals surface area contributed by atoms with E-state index in [2.05, 4.69) is 26.8 Å². The summed E-state index contributed by atoms with van der Waals surface area (Å²) in [5, 5.41) is 13.8. The molecule has 6 heteroatoms. The van der Waals surface area contributed by atoms with E-state index in [4.69, 9.17) is 11.6 Å². The summed E-state index contributed by atoms with van der Waals surface area (Å²) in [7, 11) is 0. The molecule has 0 saturated heterocycles. The number of rotatable bonds is 4. The van der Waals surface area contributed by atoms with Gasteiger partial charge in [0.15, 0.2) is 0 Å². The smallest absolute Gasteiger partial charge is 0.272 e. The average molecular weight is 375 g/mol. The molecule has 0 aliphatic heterocycles. The van der Waals surface area contributed by atoms with E-state index in [-0.39, 0.29) is 5.91 Å². The maximum atomic E-state index is 12.2. The van der Waals surface area contributed by atoms with Crippen LogP contribution in [-0.2, 0) is 0 Å². The predicted octanol–water partition coefficient (Wildman–Crippen LogP) is 4.65. The summed E-state index contributed by atoms with van der Waals surface area (Å²) in [6.45, 7) is 0. The highest BCUT2D eigenvalue weighted by molar-refractivity contribution is 6.33. The van der Waals surface area contributed by atoms with Gasteiger partial charge in [-0.05, 0) is 29.0 Å². The fourth-order valence-corrected chi connectivity index (χ4v) is 2.92. The Morgan fingerprint density at radius 1 is 1.00 bits per heavy atom. The van der Waals surface area contributed by atoms with Gasteiger partial charge >= 0.3 is 0 Å². The highest BCUT2D eigenvalue weighted by Crippen LogP contribution is 2.23. The summed E-state index contributed by atoms with van der Waals surface area (Å²) in [6, 6.07) is 23.1. The number of hydrazone groups is 1. The van der Waals surface area contributed by atoms with Gasteiger partial charge in [-0.15, -0.1) is 0 Å². The van der Waals surface area contributed by atoms with Crippen LogP contribution < -0.4 is 5.43 Å². The monoisotopic (exact) mass is 374 g/mol. The third-order valence-electron chi connectivity index (χ3n) is 4.14. The lowest BCUT2D eigenvalue weighted by atomic mass is 10.1. The molecule has 1 amide bonds. The number of hydrogen-bond donors (Lipinski definition) is 2. The highest BCUT2D eigenvalue weighted by Gasteiger charge is 2.10. The molecule has 2 N–H and O–H groups in total. The van der Waals surface area contributed by atoms with Gasteiger partial charge in [-0.25, -0.2) is 5.43 Å². The number of benzene rings is 3. The molecular formula is C21H15ClN4O. The molecule has 1 aromatic heterocycles. The number of nitrogens with one attached hydrogen (secondary N) is 2. The molecule has 132 valence electrons. The molecule has 0 spiro atoms. The van der Waals surface area contributed by atoms with Crippen molar-refractivity contribution in [2.24, 2.45) is 5.10 Å². The summed E-state index contributed by atoms with van der Waals surface area (Å²) >= 11 is 6.05. The largest absolute Gasteiger partial charge is 0.289 e. The van der Waals surface area contributed by atoms with Crippen molar-refractivity contribution in [3.05, 3.63) is 89.1 Å². The van der Waals surface area contributed by atoms with Crippen molar-refractivity contribution in [2.45, 2.75) is 0 Å². The van der Waals surface area contributed by atoms with Crippen LogP contribution in [0.4, 0.5) is 0 Å². The Labute approximate surface area is 160 Å². The molecule has 27 heavy (non-hydrogen) atoms. The van der Waals surface area contributed by atoms with E-state index in [1.54, 1.807) is 12.1 Å². The highest BCUT2D eigenvalue weighted by atomic mass is 35.5. The van der Waals surface area contributed by atoms with Gasteiger partial charge in [0.1, 0.15) is 5.69 Å². The van der Waals surface area contributed by atoms with E-state index in [1.165, 1.54) is 6.21 Å². The zero-order valence-corrected chi connectivity index (χ0v) is 14.9. The molecule has 4 rings (SSSR count). The van der Waals surface area contributed by atoms with Crippen molar-refractivity contribution in [2.75, 3.05) is 0 Å². The van der Waals surface area contributed by atoms with Crippen LogP contribution in [0.2, 0.25) is 5.02 Å². The van der Waals surface area contributed by atoms with Crippen LogP contribution >= 0.6 is 11.6 Å². The van der Waals surface area contributed by atoms with Crippen LogP contribution in [0, 0.1) is 0 Å². The van der Waals surface area contributed by atoms with Gasteiger partial charge in [0, 0.05) is 16.1 Å². The van der Waals surface area contributed by atoms with Crippen LogP contribution in [-0.4, -0.2) is 22.3 Å². The average Bonchev–Trinajstić information content (AvgIpc) is 3.19. The van der Waals surface area contributed by atoms with Gasteiger partial charge in [0.25, 0.3) is 5.91 Å². The predicted molar refractivity (Wildman–Crippen MR) is 108 cm³/mol. The van der Waals surface area contributed by atoms with Gasteiger partial charge in [-0.1, -0.05) is 66.2 Å². The zero-order valence-electron chi connectivity index (χ0n) is 14.2. The Bertz CT molecular complexity index is 1150. The molecule has 4 aromatic rings. The number of hydrogen-bond acceptors (Lipinski definition) is 3. The summed E-state index contributed by atoms with van der Waals surface area (Å²) < 4.78 is 0. The Hall–Kier alpha value is -3.44. The maximum Gasteiger partial charge on any atom is 0.289 e. The fourth-order valence-electron chi connectivity index (χ4n) is 2.74. The first-order chi connectivity index (χ1) is 13.2. The Morgan fingerprint density at radius 2 is 1.78 bits per heavy atom. The quantitative estimate of drug-likeness (QED) is 0.403. The molecular weight excluding hydrogens is 360 g/mol. The minimum absolute atomic E-state index is 0.328. The van der Waals surface area contributed by atoms with Gasteiger partial charge < -0.3 is 0 Å². The minimum Gasteiger partial charge on any atom is -0.272 e. The number of H-pyrrole nitrogens is 1. The molecule has 0 bridgehead atoms. The van der Waals surface area contributed by atoms with Crippen molar-refractivity contribution >= 4 is 34.5 Å². The van der Waals surface area contributed by atoms with Crippen LogP contribution in [0.15, 0.2) is 77.9 Å². The lowest BCUT2D eigenvalue weighted by molar-refractivity contribution is 0.0950. The Morgan fingerprint density at radius 3 is 2.63 bits per heavy atom. The molecule has 1 heterocycles. The van der Waals surface area contributed by atoms with Crippen molar-refractivity contribution < 1.29 is 4.79 Å². The molecule has 0 atom stereocenters. The second kappa shape index (κ2) is 7.43. The Balaban J connectivity index is 1.49. The molecule has 0 aliphatic rings. The van der Waals surface area contributed by atoms with Crippen LogP contribution in [0.25, 0.3) is 22.0 Å². The fraction of sp³-hybridized carbons (Fsp3) is 0. The minimum atomic E-state index is -0.377. The van der Waals surface area contributed by atoms with E-state index in [0.717, 1.165) is 21.9 Å². The van der Waals surface area contributed by atoms with Crippen molar-refractivity contribution in [1.82, 2.24) is 15.6 Å². The van der Waals surface area contributed by atoms with Crippen molar-refractivity contribution in [1.29, 1.82) is 0 Å². The first-order valence-corrected chi connectivity index (χ1v) is 8.71.